The van der Waals surface area contributed by atoms with Crippen LogP contribution in [0.3, 0.4) is 0 Å². The zero-order chi connectivity index (χ0) is 12.3. The van der Waals surface area contributed by atoms with Crippen LogP contribution in [0, 0.1) is 0 Å². The molecule has 1 aromatic carbocycles. The molecule has 2 rings (SSSR count). The normalized spacial score (nSPS) is 18.6. The van der Waals surface area contributed by atoms with Crippen molar-refractivity contribution >= 4 is 33.6 Å². The van der Waals surface area contributed by atoms with Gasteiger partial charge in [0.2, 0.25) is 5.91 Å². The van der Waals surface area contributed by atoms with E-state index in [-0.39, 0.29) is 18.0 Å². The number of halogens is 1. The lowest BCUT2D eigenvalue weighted by atomic mass is 10.2. The molecular formula is C11H12BrN3O2. The molecule has 90 valence electrons. The summed E-state index contributed by atoms with van der Waals surface area (Å²) in [5.74, 6) is -0.0299. The van der Waals surface area contributed by atoms with Crippen molar-refractivity contribution in [3.05, 3.63) is 28.7 Å². The smallest absolute Gasteiger partial charge is 0.319 e. The standard InChI is InChI=1S/C11H12BrN3O2/c12-7-2-1-3-8(4-7)14-11(17)15-9-5-10(16)13-6-9/h1-4,9H,5-6H2,(H,13,16)(H2,14,15,17). The molecule has 1 aliphatic rings. The summed E-state index contributed by atoms with van der Waals surface area (Å²) in [7, 11) is 0. The Morgan fingerprint density at radius 1 is 1.47 bits per heavy atom. The van der Waals surface area contributed by atoms with E-state index in [1.165, 1.54) is 0 Å². The number of carbonyl (C=O) groups is 2. The molecule has 1 atom stereocenters. The minimum Gasteiger partial charge on any atom is -0.354 e. The largest absolute Gasteiger partial charge is 0.354 e. The first-order chi connectivity index (χ1) is 8.13. The summed E-state index contributed by atoms with van der Waals surface area (Å²) in [6.07, 6.45) is 0.339. The molecular weight excluding hydrogens is 286 g/mol. The predicted molar refractivity (Wildman–Crippen MR) is 67.7 cm³/mol. The quantitative estimate of drug-likeness (QED) is 0.773. The number of benzene rings is 1. The second-order valence-electron chi connectivity index (χ2n) is 3.81. The van der Waals surface area contributed by atoms with Crippen LogP contribution in [0.1, 0.15) is 6.42 Å². The Morgan fingerprint density at radius 3 is 2.94 bits per heavy atom. The molecule has 3 amide bonds. The Kier molecular flexibility index (Phi) is 3.63. The fourth-order valence-electron chi connectivity index (χ4n) is 1.63. The molecule has 1 fully saturated rings. The van der Waals surface area contributed by atoms with Crippen LogP contribution in [-0.4, -0.2) is 24.5 Å². The molecule has 0 radical (unpaired) electrons. The highest BCUT2D eigenvalue weighted by Crippen LogP contribution is 2.15. The van der Waals surface area contributed by atoms with Gasteiger partial charge >= 0.3 is 6.03 Å². The Bertz CT molecular complexity index is 450. The van der Waals surface area contributed by atoms with Gasteiger partial charge in [0.15, 0.2) is 0 Å². The average Bonchev–Trinajstić information content (AvgIpc) is 2.63. The van der Waals surface area contributed by atoms with E-state index >= 15 is 0 Å². The lowest BCUT2D eigenvalue weighted by Gasteiger charge is -2.11. The van der Waals surface area contributed by atoms with Crippen molar-refractivity contribution in [2.75, 3.05) is 11.9 Å². The van der Waals surface area contributed by atoms with E-state index in [9.17, 15) is 9.59 Å². The van der Waals surface area contributed by atoms with Crippen LogP contribution in [0.15, 0.2) is 28.7 Å². The van der Waals surface area contributed by atoms with E-state index in [2.05, 4.69) is 31.9 Å². The second-order valence-corrected chi connectivity index (χ2v) is 4.73. The maximum Gasteiger partial charge on any atom is 0.319 e. The molecule has 1 aliphatic heterocycles. The van der Waals surface area contributed by atoms with Gasteiger partial charge in [-0.1, -0.05) is 22.0 Å². The molecule has 1 aromatic rings. The van der Waals surface area contributed by atoms with Gasteiger partial charge in [-0.2, -0.15) is 0 Å². The maximum atomic E-state index is 11.6. The molecule has 0 bridgehead atoms. The Labute approximate surface area is 107 Å². The molecule has 5 nitrogen and oxygen atoms in total. The lowest BCUT2D eigenvalue weighted by Crippen LogP contribution is -2.39. The number of anilines is 1. The van der Waals surface area contributed by atoms with Gasteiger partial charge in [-0.3, -0.25) is 4.79 Å². The molecule has 1 heterocycles. The van der Waals surface area contributed by atoms with E-state index in [1.54, 1.807) is 12.1 Å². The van der Waals surface area contributed by atoms with Crippen LogP contribution in [-0.2, 0) is 4.79 Å². The van der Waals surface area contributed by atoms with Crippen LogP contribution < -0.4 is 16.0 Å². The molecule has 0 spiro atoms. The van der Waals surface area contributed by atoms with Gasteiger partial charge in [0, 0.05) is 23.1 Å². The van der Waals surface area contributed by atoms with E-state index in [0.29, 0.717) is 18.7 Å². The van der Waals surface area contributed by atoms with Crippen molar-refractivity contribution < 1.29 is 9.59 Å². The van der Waals surface area contributed by atoms with Crippen molar-refractivity contribution in [3.8, 4) is 0 Å². The fraction of sp³-hybridized carbons (Fsp3) is 0.273. The van der Waals surface area contributed by atoms with Gasteiger partial charge in [-0.05, 0) is 18.2 Å². The number of hydrogen-bond donors (Lipinski definition) is 3. The summed E-state index contributed by atoms with van der Waals surface area (Å²) in [4.78, 5) is 22.6. The van der Waals surface area contributed by atoms with Gasteiger partial charge in [-0.25, -0.2) is 4.79 Å². The van der Waals surface area contributed by atoms with Crippen LogP contribution in [0.4, 0.5) is 10.5 Å². The summed E-state index contributed by atoms with van der Waals surface area (Å²) < 4.78 is 0.896. The minimum atomic E-state index is -0.301. The zero-order valence-corrected chi connectivity index (χ0v) is 10.6. The Balaban J connectivity index is 1.87. The van der Waals surface area contributed by atoms with Gasteiger partial charge in [0.05, 0.1) is 6.04 Å². The third kappa shape index (κ3) is 3.45. The predicted octanol–water partition coefficient (Wildman–Crippen LogP) is 1.46. The number of nitrogens with one attached hydrogen (secondary N) is 3. The molecule has 0 saturated carbocycles. The van der Waals surface area contributed by atoms with E-state index in [0.717, 1.165) is 4.47 Å². The van der Waals surface area contributed by atoms with Crippen LogP contribution in [0.25, 0.3) is 0 Å². The molecule has 0 aliphatic carbocycles. The number of urea groups is 1. The van der Waals surface area contributed by atoms with Crippen LogP contribution in [0.5, 0.6) is 0 Å². The van der Waals surface area contributed by atoms with Crippen molar-refractivity contribution in [1.82, 2.24) is 10.6 Å². The van der Waals surface area contributed by atoms with Gasteiger partial charge in [0.25, 0.3) is 0 Å². The molecule has 0 aromatic heterocycles. The summed E-state index contributed by atoms with van der Waals surface area (Å²) in [6, 6.07) is 6.88. The average molecular weight is 298 g/mol. The van der Waals surface area contributed by atoms with E-state index in [4.69, 9.17) is 0 Å². The Hall–Kier alpha value is -1.56. The summed E-state index contributed by atoms with van der Waals surface area (Å²) in [6.45, 7) is 0.491. The first kappa shape index (κ1) is 11.9. The third-order valence-corrected chi connectivity index (χ3v) is 2.89. The van der Waals surface area contributed by atoms with Gasteiger partial charge in [0.1, 0.15) is 0 Å². The number of amides is 3. The number of carbonyl (C=O) groups excluding carboxylic acids is 2. The van der Waals surface area contributed by atoms with Crippen molar-refractivity contribution in [2.24, 2.45) is 0 Å². The van der Waals surface area contributed by atoms with Crippen molar-refractivity contribution in [2.45, 2.75) is 12.5 Å². The van der Waals surface area contributed by atoms with Crippen LogP contribution in [0.2, 0.25) is 0 Å². The van der Waals surface area contributed by atoms with Gasteiger partial charge in [-0.15, -0.1) is 0 Å². The van der Waals surface area contributed by atoms with Crippen molar-refractivity contribution in [1.29, 1.82) is 0 Å². The molecule has 17 heavy (non-hydrogen) atoms. The first-order valence-corrected chi connectivity index (χ1v) is 6.02. The molecule has 6 heteroatoms. The molecule has 1 saturated heterocycles. The SMILES string of the molecule is O=C1CC(NC(=O)Nc2cccc(Br)c2)CN1. The summed E-state index contributed by atoms with van der Waals surface area (Å²) in [5, 5.41) is 8.09. The Morgan fingerprint density at radius 2 is 2.29 bits per heavy atom. The lowest BCUT2D eigenvalue weighted by molar-refractivity contribution is -0.119. The summed E-state index contributed by atoms with van der Waals surface area (Å²) in [5.41, 5.74) is 0.703. The number of rotatable bonds is 2. The fourth-order valence-corrected chi connectivity index (χ4v) is 2.03. The van der Waals surface area contributed by atoms with E-state index < -0.39 is 0 Å². The number of hydrogen-bond acceptors (Lipinski definition) is 2. The topological polar surface area (TPSA) is 70.2 Å². The highest BCUT2D eigenvalue weighted by atomic mass is 79.9. The summed E-state index contributed by atoms with van der Waals surface area (Å²) >= 11 is 3.32. The van der Waals surface area contributed by atoms with E-state index in [1.807, 2.05) is 12.1 Å². The monoisotopic (exact) mass is 297 g/mol. The van der Waals surface area contributed by atoms with Crippen LogP contribution >= 0.6 is 15.9 Å². The zero-order valence-electron chi connectivity index (χ0n) is 9.00. The first-order valence-electron chi connectivity index (χ1n) is 5.23. The highest BCUT2D eigenvalue weighted by molar-refractivity contribution is 9.10. The van der Waals surface area contributed by atoms with Gasteiger partial charge < -0.3 is 16.0 Å². The minimum absolute atomic E-state index is 0.0299. The highest BCUT2D eigenvalue weighted by Gasteiger charge is 2.22. The third-order valence-electron chi connectivity index (χ3n) is 2.40. The maximum absolute atomic E-state index is 11.6. The molecule has 1 unspecified atom stereocenters. The molecule has 3 N–H and O–H groups in total. The second kappa shape index (κ2) is 5.18. The van der Waals surface area contributed by atoms with Crippen molar-refractivity contribution in [3.63, 3.8) is 0 Å².